The lowest BCUT2D eigenvalue weighted by Gasteiger charge is -2.36. The van der Waals surface area contributed by atoms with Crippen LogP contribution in [0.4, 0.5) is 11.5 Å². The summed E-state index contributed by atoms with van der Waals surface area (Å²) in [6.07, 6.45) is 5.76. The summed E-state index contributed by atoms with van der Waals surface area (Å²) in [6, 6.07) is 11.3. The molecule has 0 bridgehead atoms. The molecule has 0 spiro atoms. The van der Waals surface area contributed by atoms with Crippen LogP contribution in [-0.4, -0.2) is 79.9 Å². The van der Waals surface area contributed by atoms with E-state index in [4.69, 9.17) is 4.98 Å². The Balaban J connectivity index is 1.25. The zero-order valence-corrected chi connectivity index (χ0v) is 19.3. The second kappa shape index (κ2) is 8.71. The molecule has 32 heavy (non-hydrogen) atoms. The highest BCUT2D eigenvalue weighted by Gasteiger charge is 2.20. The molecule has 0 radical (unpaired) electrons. The molecule has 0 N–H and O–H groups in total. The van der Waals surface area contributed by atoms with Crippen molar-refractivity contribution < 1.29 is 8.42 Å². The number of pyridine rings is 1. The summed E-state index contributed by atoms with van der Waals surface area (Å²) in [4.78, 5) is 17.0. The standard InChI is InChI=1S/C23H30N6O2S/c1-32(30,31)20-6-4-19(5-7-20)27-14-16-28(17-15-27)22-9-8-21-23(25-22)29(18-24-21)13-12-26-10-2-3-11-26/h4-9,18H,2-3,10-17H2,1H3. The second-order valence-electron chi connectivity index (χ2n) is 8.74. The van der Waals surface area contributed by atoms with Crippen LogP contribution >= 0.6 is 0 Å². The van der Waals surface area contributed by atoms with Crippen molar-refractivity contribution in [2.24, 2.45) is 0 Å². The summed E-state index contributed by atoms with van der Waals surface area (Å²) in [6.45, 7) is 7.85. The lowest BCUT2D eigenvalue weighted by molar-refractivity contribution is 0.324. The first-order chi connectivity index (χ1) is 15.5. The van der Waals surface area contributed by atoms with Crippen molar-refractivity contribution in [2.45, 2.75) is 24.3 Å². The van der Waals surface area contributed by atoms with Gasteiger partial charge in [-0.05, 0) is 62.3 Å². The molecule has 3 aromatic rings. The molecule has 0 unspecified atom stereocenters. The number of sulfone groups is 1. The minimum atomic E-state index is -3.17. The first-order valence-corrected chi connectivity index (χ1v) is 13.2. The van der Waals surface area contributed by atoms with Gasteiger partial charge in [0, 0.05) is 51.2 Å². The van der Waals surface area contributed by atoms with E-state index in [0.29, 0.717) is 4.90 Å². The van der Waals surface area contributed by atoms with Gasteiger partial charge in [0.2, 0.25) is 0 Å². The van der Waals surface area contributed by atoms with Gasteiger partial charge in [-0.2, -0.15) is 0 Å². The lowest BCUT2D eigenvalue weighted by Crippen LogP contribution is -2.46. The van der Waals surface area contributed by atoms with E-state index in [2.05, 4.69) is 36.4 Å². The van der Waals surface area contributed by atoms with Crippen LogP contribution in [0.3, 0.4) is 0 Å². The average Bonchev–Trinajstić information content (AvgIpc) is 3.47. The van der Waals surface area contributed by atoms with Gasteiger partial charge in [0.25, 0.3) is 0 Å². The van der Waals surface area contributed by atoms with Crippen molar-refractivity contribution >= 4 is 32.5 Å². The van der Waals surface area contributed by atoms with Gasteiger partial charge in [0.15, 0.2) is 15.5 Å². The number of hydrogen-bond donors (Lipinski definition) is 0. The van der Waals surface area contributed by atoms with Crippen molar-refractivity contribution in [3.8, 4) is 0 Å². The SMILES string of the molecule is CS(=O)(=O)c1ccc(N2CCN(c3ccc4ncn(CCN5CCCC5)c4n3)CC2)cc1. The Hall–Kier alpha value is -2.65. The molecule has 8 nitrogen and oxygen atoms in total. The van der Waals surface area contributed by atoms with Crippen LogP contribution in [0.5, 0.6) is 0 Å². The summed E-state index contributed by atoms with van der Waals surface area (Å²) in [5.74, 6) is 0.993. The fourth-order valence-corrected chi connectivity index (χ4v) is 5.25. The van der Waals surface area contributed by atoms with E-state index in [1.807, 2.05) is 18.5 Å². The molecule has 2 aliphatic heterocycles. The normalized spacial score (nSPS) is 18.0. The van der Waals surface area contributed by atoms with E-state index >= 15 is 0 Å². The van der Waals surface area contributed by atoms with E-state index in [1.54, 1.807) is 12.1 Å². The van der Waals surface area contributed by atoms with Crippen LogP contribution in [0.15, 0.2) is 47.6 Å². The predicted molar refractivity (Wildman–Crippen MR) is 127 cm³/mol. The highest BCUT2D eigenvalue weighted by Crippen LogP contribution is 2.23. The van der Waals surface area contributed by atoms with Crippen LogP contribution in [0, 0.1) is 0 Å². The zero-order valence-electron chi connectivity index (χ0n) is 18.5. The molecule has 9 heteroatoms. The number of imidazole rings is 1. The zero-order chi connectivity index (χ0) is 22.1. The monoisotopic (exact) mass is 454 g/mol. The molecule has 2 aromatic heterocycles. The number of likely N-dealkylation sites (tertiary alicyclic amines) is 1. The first-order valence-electron chi connectivity index (χ1n) is 11.3. The summed E-state index contributed by atoms with van der Waals surface area (Å²) >= 11 is 0. The van der Waals surface area contributed by atoms with Crippen LogP contribution in [0.25, 0.3) is 11.2 Å². The van der Waals surface area contributed by atoms with Crippen molar-refractivity contribution in [1.82, 2.24) is 19.4 Å². The molecule has 0 saturated carbocycles. The Bertz CT molecular complexity index is 1180. The number of piperazine rings is 1. The molecule has 0 atom stereocenters. The fourth-order valence-electron chi connectivity index (χ4n) is 4.62. The van der Waals surface area contributed by atoms with E-state index in [-0.39, 0.29) is 0 Å². The number of nitrogens with zero attached hydrogens (tertiary/aromatic N) is 6. The first kappa shape index (κ1) is 21.2. The number of aromatic nitrogens is 3. The molecular weight excluding hydrogens is 424 g/mol. The maximum atomic E-state index is 11.7. The molecule has 0 amide bonds. The highest BCUT2D eigenvalue weighted by atomic mass is 32.2. The quantitative estimate of drug-likeness (QED) is 0.566. The third-order valence-corrected chi connectivity index (χ3v) is 7.67. The summed E-state index contributed by atoms with van der Waals surface area (Å²) in [7, 11) is -3.17. The summed E-state index contributed by atoms with van der Waals surface area (Å²) in [5, 5.41) is 0. The molecule has 2 fully saturated rings. The van der Waals surface area contributed by atoms with Gasteiger partial charge in [-0.15, -0.1) is 0 Å². The van der Waals surface area contributed by atoms with Crippen molar-refractivity contribution in [2.75, 3.05) is 61.9 Å². The second-order valence-corrected chi connectivity index (χ2v) is 10.8. The molecule has 170 valence electrons. The number of benzene rings is 1. The Kier molecular flexibility index (Phi) is 5.77. The Morgan fingerprint density at radius 2 is 1.53 bits per heavy atom. The van der Waals surface area contributed by atoms with E-state index in [0.717, 1.165) is 61.9 Å². The third kappa shape index (κ3) is 4.45. The van der Waals surface area contributed by atoms with Gasteiger partial charge in [0.05, 0.1) is 11.2 Å². The van der Waals surface area contributed by atoms with Gasteiger partial charge in [-0.1, -0.05) is 0 Å². The maximum Gasteiger partial charge on any atom is 0.175 e. The van der Waals surface area contributed by atoms with Gasteiger partial charge >= 0.3 is 0 Å². The molecule has 2 aliphatic rings. The number of hydrogen-bond acceptors (Lipinski definition) is 7. The molecule has 4 heterocycles. The maximum absolute atomic E-state index is 11.7. The van der Waals surface area contributed by atoms with Crippen molar-refractivity contribution in [1.29, 1.82) is 0 Å². The molecule has 2 saturated heterocycles. The lowest BCUT2D eigenvalue weighted by atomic mass is 10.2. The van der Waals surface area contributed by atoms with Gasteiger partial charge in [0.1, 0.15) is 11.3 Å². The van der Waals surface area contributed by atoms with Crippen LogP contribution in [0.1, 0.15) is 12.8 Å². The van der Waals surface area contributed by atoms with Gasteiger partial charge in [-0.3, -0.25) is 0 Å². The van der Waals surface area contributed by atoms with Crippen molar-refractivity contribution in [3.63, 3.8) is 0 Å². The van der Waals surface area contributed by atoms with Gasteiger partial charge < -0.3 is 19.3 Å². The average molecular weight is 455 g/mol. The van der Waals surface area contributed by atoms with Gasteiger partial charge in [-0.25, -0.2) is 18.4 Å². The van der Waals surface area contributed by atoms with Crippen LogP contribution in [-0.2, 0) is 16.4 Å². The van der Waals surface area contributed by atoms with Crippen LogP contribution in [0.2, 0.25) is 0 Å². The third-order valence-electron chi connectivity index (χ3n) is 6.54. The summed E-state index contributed by atoms with van der Waals surface area (Å²) in [5.41, 5.74) is 2.96. The van der Waals surface area contributed by atoms with E-state index < -0.39 is 9.84 Å². The minimum Gasteiger partial charge on any atom is -0.368 e. The Labute approximate surface area is 189 Å². The topological polar surface area (TPSA) is 74.6 Å². The molecule has 1 aromatic carbocycles. The Morgan fingerprint density at radius 1 is 0.844 bits per heavy atom. The largest absolute Gasteiger partial charge is 0.368 e. The summed E-state index contributed by atoms with van der Waals surface area (Å²) < 4.78 is 25.6. The van der Waals surface area contributed by atoms with E-state index in [9.17, 15) is 8.42 Å². The van der Waals surface area contributed by atoms with Crippen molar-refractivity contribution in [3.05, 3.63) is 42.7 Å². The van der Waals surface area contributed by atoms with Crippen LogP contribution < -0.4 is 9.80 Å². The Morgan fingerprint density at radius 3 is 2.22 bits per heavy atom. The fraction of sp³-hybridized carbons (Fsp3) is 0.478. The molecule has 5 rings (SSSR count). The minimum absolute atomic E-state index is 0.360. The number of anilines is 2. The number of fused-ring (bicyclic) bond motifs is 1. The number of rotatable bonds is 6. The highest BCUT2D eigenvalue weighted by molar-refractivity contribution is 7.90. The predicted octanol–water partition coefficient (Wildman–Crippen LogP) is 2.26. The molecular formula is C23H30N6O2S. The van der Waals surface area contributed by atoms with E-state index in [1.165, 1.54) is 32.2 Å². The molecule has 0 aliphatic carbocycles. The smallest absolute Gasteiger partial charge is 0.175 e.